The molecule has 1 aliphatic carbocycles. The van der Waals surface area contributed by atoms with Gasteiger partial charge in [-0.1, -0.05) is 0 Å². The lowest BCUT2D eigenvalue weighted by molar-refractivity contribution is 0.101. The molecule has 0 unspecified atom stereocenters. The molecule has 0 saturated heterocycles. The van der Waals surface area contributed by atoms with E-state index in [0.717, 1.165) is 17.3 Å². The first-order chi connectivity index (χ1) is 8.63. The number of hydrogen-bond acceptors (Lipinski definition) is 4. The lowest BCUT2D eigenvalue weighted by Crippen LogP contribution is -2.16. The minimum atomic E-state index is -0.135. The Morgan fingerprint density at radius 1 is 1.61 bits per heavy atom. The van der Waals surface area contributed by atoms with Gasteiger partial charge in [0.1, 0.15) is 11.5 Å². The first kappa shape index (κ1) is 11.9. The van der Waals surface area contributed by atoms with Gasteiger partial charge in [-0.15, -0.1) is 0 Å². The van der Waals surface area contributed by atoms with Crippen molar-refractivity contribution in [1.82, 2.24) is 13.9 Å². The molecule has 1 saturated carbocycles. The highest BCUT2D eigenvalue weighted by molar-refractivity contribution is 9.10. The number of halogens is 1. The van der Waals surface area contributed by atoms with Gasteiger partial charge in [0.25, 0.3) is 5.91 Å². The van der Waals surface area contributed by atoms with E-state index in [1.807, 2.05) is 16.8 Å². The Labute approximate surface area is 117 Å². The van der Waals surface area contributed by atoms with Crippen LogP contribution in [-0.2, 0) is 0 Å². The number of nitrogens with one attached hydrogen (secondary N) is 1. The second-order valence-electron chi connectivity index (χ2n) is 4.28. The molecule has 1 N–H and O–H groups in total. The maximum Gasteiger partial charge on any atom is 0.274 e. The maximum absolute atomic E-state index is 12.2. The van der Waals surface area contributed by atoms with Gasteiger partial charge in [-0.3, -0.25) is 10.1 Å². The van der Waals surface area contributed by atoms with Crippen LogP contribution in [0.1, 0.15) is 35.2 Å². The van der Waals surface area contributed by atoms with Gasteiger partial charge in [0.05, 0.1) is 0 Å². The zero-order valence-corrected chi connectivity index (χ0v) is 12.1. The summed E-state index contributed by atoms with van der Waals surface area (Å²) in [5, 5.41) is 3.32. The first-order valence-electron chi connectivity index (χ1n) is 5.62. The van der Waals surface area contributed by atoms with Crippen LogP contribution in [0.15, 0.2) is 16.7 Å². The molecule has 2 aromatic heterocycles. The van der Waals surface area contributed by atoms with Gasteiger partial charge in [0.2, 0.25) is 5.13 Å². The van der Waals surface area contributed by atoms with Crippen LogP contribution in [0, 0.1) is 6.92 Å². The fourth-order valence-corrected chi connectivity index (χ4v) is 2.80. The van der Waals surface area contributed by atoms with Gasteiger partial charge in [0.15, 0.2) is 0 Å². The van der Waals surface area contributed by atoms with Gasteiger partial charge in [-0.2, -0.15) is 4.37 Å². The molecule has 0 bridgehead atoms. The molecule has 7 heteroatoms. The summed E-state index contributed by atoms with van der Waals surface area (Å²) in [6.07, 6.45) is 4.23. The number of aryl methyl sites for hydroxylation is 1. The maximum atomic E-state index is 12.2. The SMILES string of the molecule is Cc1nsc(NC(=O)c2cc(Br)cn2C2CC2)n1. The lowest BCUT2D eigenvalue weighted by atomic mass is 10.4. The molecular formula is C11H11BrN4OS. The molecule has 1 aliphatic rings. The van der Waals surface area contributed by atoms with Crippen LogP contribution in [0.4, 0.5) is 5.13 Å². The molecule has 0 aliphatic heterocycles. The Morgan fingerprint density at radius 3 is 3.00 bits per heavy atom. The van der Waals surface area contributed by atoms with E-state index in [4.69, 9.17) is 0 Å². The Kier molecular flexibility index (Phi) is 2.95. The minimum absolute atomic E-state index is 0.135. The van der Waals surface area contributed by atoms with E-state index in [1.165, 1.54) is 11.5 Å². The highest BCUT2D eigenvalue weighted by atomic mass is 79.9. The normalized spacial score (nSPS) is 14.8. The molecular weight excluding hydrogens is 316 g/mol. The molecule has 1 amide bonds. The Hall–Kier alpha value is -1.21. The second-order valence-corrected chi connectivity index (χ2v) is 5.95. The van der Waals surface area contributed by atoms with E-state index >= 15 is 0 Å². The van der Waals surface area contributed by atoms with E-state index in [0.29, 0.717) is 22.7 Å². The molecule has 5 nitrogen and oxygen atoms in total. The summed E-state index contributed by atoms with van der Waals surface area (Å²) in [7, 11) is 0. The van der Waals surface area contributed by atoms with Crippen molar-refractivity contribution in [2.45, 2.75) is 25.8 Å². The fraction of sp³-hybridized carbons (Fsp3) is 0.364. The van der Waals surface area contributed by atoms with E-state index in [9.17, 15) is 4.79 Å². The molecule has 2 heterocycles. The van der Waals surface area contributed by atoms with Crippen LogP contribution >= 0.6 is 27.5 Å². The standard InChI is InChI=1S/C11H11BrN4OS/c1-6-13-11(18-15-6)14-10(17)9-4-7(12)5-16(9)8-2-3-8/h4-5,8H,2-3H2,1H3,(H,13,14,15,17). The van der Waals surface area contributed by atoms with Crippen LogP contribution < -0.4 is 5.32 Å². The highest BCUT2D eigenvalue weighted by Crippen LogP contribution is 2.37. The Bertz CT molecular complexity index is 602. The first-order valence-corrected chi connectivity index (χ1v) is 7.19. The predicted molar refractivity (Wildman–Crippen MR) is 73.0 cm³/mol. The third kappa shape index (κ3) is 2.32. The van der Waals surface area contributed by atoms with Crippen molar-refractivity contribution in [1.29, 1.82) is 0 Å². The van der Waals surface area contributed by atoms with Crippen molar-refractivity contribution in [3.8, 4) is 0 Å². The van der Waals surface area contributed by atoms with Crippen LogP contribution in [-0.4, -0.2) is 19.8 Å². The number of hydrogen-bond donors (Lipinski definition) is 1. The van der Waals surface area contributed by atoms with E-state index in [-0.39, 0.29) is 5.91 Å². The van der Waals surface area contributed by atoms with Crippen molar-refractivity contribution in [2.24, 2.45) is 0 Å². The quantitative estimate of drug-likeness (QED) is 0.943. The summed E-state index contributed by atoms with van der Waals surface area (Å²) in [5.41, 5.74) is 0.664. The Balaban J connectivity index is 1.83. The average Bonchev–Trinajstić information content (AvgIpc) is 2.98. The van der Waals surface area contributed by atoms with E-state index < -0.39 is 0 Å². The van der Waals surface area contributed by atoms with Gasteiger partial charge >= 0.3 is 0 Å². The van der Waals surface area contributed by atoms with Gasteiger partial charge < -0.3 is 4.57 Å². The minimum Gasteiger partial charge on any atom is -0.339 e. The van der Waals surface area contributed by atoms with Crippen molar-refractivity contribution in [3.63, 3.8) is 0 Å². The molecule has 0 radical (unpaired) electrons. The molecule has 0 spiro atoms. The number of carbonyl (C=O) groups excluding carboxylic acids is 1. The zero-order valence-electron chi connectivity index (χ0n) is 9.68. The van der Waals surface area contributed by atoms with Crippen molar-refractivity contribution in [2.75, 3.05) is 5.32 Å². The van der Waals surface area contributed by atoms with Crippen LogP contribution in [0.2, 0.25) is 0 Å². The largest absolute Gasteiger partial charge is 0.339 e. The van der Waals surface area contributed by atoms with Crippen LogP contribution in [0.25, 0.3) is 0 Å². The van der Waals surface area contributed by atoms with Crippen LogP contribution in [0.3, 0.4) is 0 Å². The van der Waals surface area contributed by atoms with Gasteiger partial charge in [0, 0.05) is 28.2 Å². The molecule has 0 aromatic carbocycles. The van der Waals surface area contributed by atoms with Crippen molar-refractivity contribution < 1.29 is 4.79 Å². The summed E-state index contributed by atoms with van der Waals surface area (Å²) in [6.45, 7) is 1.80. The third-order valence-electron chi connectivity index (χ3n) is 2.74. The summed E-state index contributed by atoms with van der Waals surface area (Å²) in [6, 6.07) is 2.30. The van der Waals surface area contributed by atoms with Crippen molar-refractivity contribution in [3.05, 3.63) is 28.3 Å². The number of carbonyl (C=O) groups is 1. The molecule has 18 heavy (non-hydrogen) atoms. The van der Waals surface area contributed by atoms with Gasteiger partial charge in [-0.25, -0.2) is 4.98 Å². The molecule has 1 fully saturated rings. The molecule has 94 valence electrons. The average molecular weight is 327 g/mol. The van der Waals surface area contributed by atoms with E-state index in [2.05, 4.69) is 30.6 Å². The number of aromatic nitrogens is 3. The summed E-state index contributed by atoms with van der Waals surface area (Å²) in [5.74, 6) is 0.540. The number of amides is 1. The highest BCUT2D eigenvalue weighted by Gasteiger charge is 2.28. The summed E-state index contributed by atoms with van der Waals surface area (Å²) in [4.78, 5) is 16.3. The zero-order chi connectivity index (χ0) is 12.7. The molecule has 3 rings (SSSR count). The monoisotopic (exact) mass is 326 g/mol. The third-order valence-corrected chi connectivity index (χ3v) is 3.89. The second kappa shape index (κ2) is 4.47. The summed E-state index contributed by atoms with van der Waals surface area (Å²) >= 11 is 4.61. The topological polar surface area (TPSA) is 59.8 Å². The summed E-state index contributed by atoms with van der Waals surface area (Å²) < 4.78 is 6.98. The molecule has 0 atom stereocenters. The van der Waals surface area contributed by atoms with E-state index in [1.54, 1.807) is 6.92 Å². The van der Waals surface area contributed by atoms with Crippen LogP contribution in [0.5, 0.6) is 0 Å². The smallest absolute Gasteiger partial charge is 0.274 e. The lowest BCUT2D eigenvalue weighted by Gasteiger charge is -2.06. The number of rotatable bonds is 3. The number of nitrogens with zero attached hydrogens (tertiary/aromatic N) is 3. The fourth-order valence-electron chi connectivity index (χ4n) is 1.79. The van der Waals surface area contributed by atoms with Gasteiger partial charge in [-0.05, 0) is 41.8 Å². The Morgan fingerprint density at radius 2 is 2.39 bits per heavy atom. The van der Waals surface area contributed by atoms with Crippen molar-refractivity contribution >= 4 is 38.5 Å². The molecule has 2 aromatic rings. The predicted octanol–water partition coefficient (Wildman–Crippen LogP) is 3.00. The number of anilines is 1.